The second kappa shape index (κ2) is 20.2. The minimum Gasteiger partial charge on any atom is -0.382 e. The lowest BCUT2D eigenvalue weighted by atomic mass is 10.0. The smallest absolute Gasteiger partial charge is 0.253 e. The molecule has 8 aromatic rings. The summed E-state index contributed by atoms with van der Waals surface area (Å²) in [5.41, 5.74) is 26.1. The summed E-state index contributed by atoms with van der Waals surface area (Å²) in [6, 6.07) is 21.4. The van der Waals surface area contributed by atoms with Crippen molar-refractivity contribution >= 4 is 68.3 Å². The number of fused-ring (bicyclic) bond motifs is 2. The maximum Gasteiger partial charge on any atom is 0.253 e. The van der Waals surface area contributed by atoms with Crippen molar-refractivity contribution in [3.63, 3.8) is 0 Å². The first-order valence-electron chi connectivity index (χ1n) is 22.3. The monoisotopic (exact) mass is 958 g/mol. The normalized spacial score (nSPS) is 15.9. The van der Waals surface area contributed by atoms with Gasteiger partial charge in [0, 0.05) is 35.1 Å². The number of para-hydroxylation sites is 2. The predicted octanol–water partition coefficient (Wildman–Crippen LogP) is 6.84. The molecule has 2 fully saturated rings. The summed E-state index contributed by atoms with van der Waals surface area (Å²) in [4.78, 5) is 42.3. The average molecular weight is 959 g/mol. The molecule has 2 amide bonds. The van der Waals surface area contributed by atoms with Crippen molar-refractivity contribution in [1.29, 1.82) is 0 Å². The number of hydrogen-bond donors (Lipinski definition) is 6. The van der Waals surface area contributed by atoms with E-state index in [1.165, 1.54) is 45.8 Å². The van der Waals surface area contributed by atoms with E-state index >= 15 is 0 Å². The van der Waals surface area contributed by atoms with Gasteiger partial charge in [-0.1, -0.05) is 60.7 Å². The van der Waals surface area contributed by atoms with Gasteiger partial charge in [0.25, 0.3) is 5.91 Å². The van der Waals surface area contributed by atoms with Crippen LogP contribution in [0, 0.1) is 29.2 Å². The first-order chi connectivity index (χ1) is 33.8. The molecule has 0 saturated carbocycles. The van der Waals surface area contributed by atoms with E-state index < -0.39 is 29.4 Å². The van der Waals surface area contributed by atoms with Crippen LogP contribution in [-0.4, -0.2) is 77.2 Å². The maximum absolute atomic E-state index is 14.8. The molecule has 2 atom stereocenters. The van der Waals surface area contributed by atoms with Crippen molar-refractivity contribution in [2.24, 2.45) is 5.92 Å². The molecule has 10 N–H and O–H groups in total. The van der Waals surface area contributed by atoms with E-state index in [9.17, 15) is 27.2 Å². The number of carbonyl (C=O) groups is 2. The van der Waals surface area contributed by atoms with Crippen LogP contribution in [0.4, 0.5) is 52.2 Å². The summed E-state index contributed by atoms with van der Waals surface area (Å²) in [6.07, 6.45) is 3.28. The van der Waals surface area contributed by atoms with Gasteiger partial charge in [0.15, 0.2) is 34.9 Å². The molecule has 0 spiro atoms. The fourth-order valence-corrected chi connectivity index (χ4v) is 8.31. The quantitative estimate of drug-likeness (QED) is 0.0767. The molecule has 4 aromatic heterocycles. The van der Waals surface area contributed by atoms with Crippen molar-refractivity contribution < 1.29 is 36.6 Å². The summed E-state index contributed by atoms with van der Waals surface area (Å²) in [5, 5.41) is 15.1. The Hall–Kier alpha value is -8.24. The van der Waals surface area contributed by atoms with Crippen molar-refractivity contribution in [3.05, 3.63) is 119 Å². The van der Waals surface area contributed by atoms with E-state index in [1.807, 2.05) is 0 Å². The van der Waals surface area contributed by atoms with Crippen molar-refractivity contribution in [3.8, 4) is 23.0 Å². The minimum absolute atomic E-state index is 0.00727. The van der Waals surface area contributed by atoms with Gasteiger partial charge >= 0.3 is 0 Å². The molecule has 70 heavy (non-hydrogen) atoms. The number of hydrogen-bond acceptors (Lipinski definition) is 14. The lowest BCUT2D eigenvalue weighted by molar-refractivity contribution is -0.130. The van der Waals surface area contributed by atoms with Crippen LogP contribution in [0.5, 0.6) is 0 Å². The first-order valence-corrected chi connectivity index (χ1v) is 22.3. The highest BCUT2D eigenvalue weighted by molar-refractivity contribution is 6.01. The number of benzene rings is 4. The van der Waals surface area contributed by atoms with E-state index in [0.29, 0.717) is 54.6 Å². The van der Waals surface area contributed by atoms with E-state index in [4.69, 9.17) is 32.4 Å². The maximum atomic E-state index is 14.8. The summed E-state index contributed by atoms with van der Waals surface area (Å²) in [5.74, 6) is -3.01. The number of nitrogen functional groups attached to an aromatic ring is 4. The fraction of sp³-hybridized carbons (Fsp3) is 0.250. The molecule has 4 aromatic carbocycles. The Kier molecular flexibility index (Phi) is 13.5. The zero-order valence-electron chi connectivity index (χ0n) is 37.3. The molecule has 2 unspecified atom stereocenters. The van der Waals surface area contributed by atoms with Crippen molar-refractivity contribution in [1.82, 2.24) is 39.5 Å². The molecule has 6 heterocycles. The van der Waals surface area contributed by atoms with E-state index in [2.05, 4.69) is 40.8 Å². The van der Waals surface area contributed by atoms with Crippen LogP contribution in [0.3, 0.4) is 0 Å². The van der Waals surface area contributed by atoms with Gasteiger partial charge in [0.1, 0.15) is 63.2 Å². The number of nitrogens with one attached hydrogen (secondary N) is 2. The van der Waals surface area contributed by atoms with Gasteiger partial charge in [-0.05, 0) is 56.4 Å². The van der Waals surface area contributed by atoms with E-state index in [-0.39, 0.29) is 99.5 Å². The fourth-order valence-electron chi connectivity index (χ4n) is 8.31. The largest absolute Gasteiger partial charge is 0.382 e. The molecule has 360 valence electrons. The van der Waals surface area contributed by atoms with Crippen LogP contribution < -0.4 is 33.6 Å². The van der Waals surface area contributed by atoms with Crippen LogP contribution in [0.2, 0.25) is 0 Å². The van der Waals surface area contributed by atoms with E-state index in [0.717, 1.165) is 19.3 Å². The standard InChI is InChI=1S/2C24H23F2N7O2/c25-16-8-2-1-5-13(16)11-33-20-15(7-3-9-17(20)26)18(32-33)23-30-21(27)19(22(28)31-23)29-24(34)14-6-4-10-35-12-14;25-15-8-2-1-6-13(15)12-33-20-14(7-5-9-16(20)26)18(32-33)23-30-21(27)19(22(28)31-23)29-24(34)17-10-3-4-11-35-17/h1-3,5,7-9,14H,4,6,10-12H2,(H,29,34)(H4,27,28,30,31);1-2,5-9,17H,3-4,10-12H2,(H,29,34)(H4,27,28,30,31). The van der Waals surface area contributed by atoms with Gasteiger partial charge in [-0.25, -0.2) is 37.5 Å². The minimum atomic E-state index is -0.594. The molecule has 22 heteroatoms. The number of nitrogens with zero attached hydrogens (tertiary/aromatic N) is 8. The van der Waals surface area contributed by atoms with Gasteiger partial charge in [-0.3, -0.25) is 19.0 Å². The molecule has 0 aliphatic carbocycles. The van der Waals surface area contributed by atoms with Crippen LogP contribution in [0.25, 0.3) is 44.8 Å². The molecule has 10 rings (SSSR count). The third-order valence-corrected chi connectivity index (χ3v) is 11.9. The number of aromatic nitrogens is 8. The summed E-state index contributed by atoms with van der Waals surface area (Å²) in [7, 11) is 0. The summed E-state index contributed by atoms with van der Waals surface area (Å²) >= 11 is 0. The molecule has 2 aliphatic rings. The number of nitrogens with two attached hydrogens (primary N) is 4. The van der Waals surface area contributed by atoms with Gasteiger partial charge in [0.05, 0.1) is 25.6 Å². The predicted molar refractivity (Wildman–Crippen MR) is 254 cm³/mol. The second-order valence-electron chi connectivity index (χ2n) is 16.6. The molecular weight excluding hydrogens is 913 g/mol. The van der Waals surface area contributed by atoms with Crippen LogP contribution in [0.15, 0.2) is 84.9 Å². The lowest BCUT2D eigenvalue weighted by Gasteiger charge is -2.22. The highest BCUT2D eigenvalue weighted by Crippen LogP contribution is 2.35. The first kappa shape index (κ1) is 46.9. The van der Waals surface area contributed by atoms with Gasteiger partial charge < -0.3 is 43.0 Å². The number of halogens is 4. The average Bonchev–Trinajstić information content (AvgIpc) is 3.93. The highest BCUT2D eigenvalue weighted by Gasteiger charge is 2.28. The van der Waals surface area contributed by atoms with Crippen molar-refractivity contribution in [2.45, 2.75) is 51.3 Å². The zero-order valence-corrected chi connectivity index (χ0v) is 37.3. The SMILES string of the molecule is Nc1nc(-c2nn(Cc3ccccc3F)c3c(F)cccc23)nc(N)c1NC(=O)C1CCCCO1.Nc1nc(-c2nn(Cc3ccccc3F)c3c(F)cccc23)nc(N)c1NC(=O)C1CCCOC1. The third-order valence-electron chi connectivity index (χ3n) is 11.9. The zero-order chi connectivity index (χ0) is 49.1. The van der Waals surface area contributed by atoms with Crippen LogP contribution >= 0.6 is 0 Å². The van der Waals surface area contributed by atoms with Crippen LogP contribution in [0.1, 0.15) is 43.2 Å². The summed E-state index contributed by atoms with van der Waals surface area (Å²) < 4.78 is 71.7. The van der Waals surface area contributed by atoms with E-state index in [1.54, 1.807) is 48.5 Å². The van der Waals surface area contributed by atoms with Crippen molar-refractivity contribution in [2.75, 3.05) is 53.4 Å². The van der Waals surface area contributed by atoms with Gasteiger partial charge in [0.2, 0.25) is 5.91 Å². The molecule has 0 bridgehead atoms. The van der Waals surface area contributed by atoms with Crippen LogP contribution in [-0.2, 0) is 32.2 Å². The lowest BCUT2D eigenvalue weighted by Crippen LogP contribution is -2.33. The Morgan fingerprint density at radius 3 is 1.49 bits per heavy atom. The Labute approximate surface area is 396 Å². The van der Waals surface area contributed by atoms with Gasteiger partial charge in [-0.15, -0.1) is 0 Å². The molecule has 2 aliphatic heterocycles. The Morgan fingerprint density at radius 1 is 0.571 bits per heavy atom. The number of carbonyl (C=O) groups excluding carboxylic acids is 2. The topological polar surface area (TPSA) is 268 Å². The molecule has 2 saturated heterocycles. The number of rotatable bonds is 10. The molecular formula is C48H46F4N14O4. The second-order valence-corrected chi connectivity index (χ2v) is 16.6. The van der Waals surface area contributed by atoms with Gasteiger partial charge in [-0.2, -0.15) is 10.2 Å². The Morgan fingerprint density at radius 2 is 1.04 bits per heavy atom. The Balaban J connectivity index is 0.000000174. The third kappa shape index (κ3) is 9.71. The Bertz CT molecular complexity index is 3000. The number of anilines is 6. The number of ether oxygens (including phenoxy) is 2. The molecule has 0 radical (unpaired) electrons. The molecule has 18 nitrogen and oxygen atoms in total. The summed E-state index contributed by atoms with van der Waals surface area (Å²) in [6.45, 7) is 1.44. The highest BCUT2D eigenvalue weighted by atomic mass is 19.1. The number of amides is 2.